The number of anilines is 1. The lowest BCUT2D eigenvalue weighted by molar-refractivity contribution is -0.129. The van der Waals surface area contributed by atoms with Gasteiger partial charge < -0.3 is 0 Å². The Bertz CT molecular complexity index is 472. The summed E-state index contributed by atoms with van der Waals surface area (Å²) in [6.45, 7) is 7.17. The second-order valence-electron chi connectivity index (χ2n) is 4.94. The van der Waals surface area contributed by atoms with E-state index < -0.39 is 0 Å². The highest BCUT2D eigenvalue weighted by atomic mass is 79.9. The van der Waals surface area contributed by atoms with Gasteiger partial charge in [-0.05, 0) is 18.2 Å². The van der Waals surface area contributed by atoms with Gasteiger partial charge in [-0.25, -0.2) is 5.01 Å². The van der Waals surface area contributed by atoms with Crippen LogP contribution in [-0.2, 0) is 9.59 Å². The van der Waals surface area contributed by atoms with Crippen LogP contribution in [0.25, 0.3) is 0 Å². The van der Waals surface area contributed by atoms with Crippen molar-refractivity contribution in [1.82, 2.24) is 5.43 Å². The molecule has 1 rings (SSSR count). The van der Waals surface area contributed by atoms with Gasteiger partial charge in [-0.1, -0.05) is 49.7 Å². The van der Waals surface area contributed by atoms with Crippen LogP contribution in [-0.4, -0.2) is 11.8 Å². The first-order valence-corrected chi connectivity index (χ1v) is 7.02. The molecule has 0 saturated heterocycles. The normalized spacial score (nSPS) is 10.7. The number of benzene rings is 1. The van der Waals surface area contributed by atoms with Crippen LogP contribution < -0.4 is 10.4 Å². The molecule has 104 valence electrons. The minimum atomic E-state index is -0.202. The zero-order chi connectivity index (χ0) is 14.6. The number of hydrazine groups is 1. The number of carbonyl (C=O) groups excluding carboxylic acids is 2. The highest BCUT2D eigenvalue weighted by Gasteiger charge is 2.22. The van der Waals surface area contributed by atoms with Crippen molar-refractivity contribution in [3.05, 3.63) is 28.7 Å². The second-order valence-corrected chi connectivity index (χ2v) is 5.85. The Labute approximate surface area is 122 Å². The number of hydrogen-bond acceptors (Lipinski definition) is 2. The van der Waals surface area contributed by atoms with Gasteiger partial charge >= 0.3 is 0 Å². The molecule has 4 nitrogen and oxygen atoms in total. The van der Waals surface area contributed by atoms with Gasteiger partial charge in [0.2, 0.25) is 11.8 Å². The van der Waals surface area contributed by atoms with Crippen molar-refractivity contribution in [1.29, 1.82) is 0 Å². The molecule has 0 bridgehead atoms. The molecule has 0 aliphatic heterocycles. The quantitative estimate of drug-likeness (QED) is 0.867. The van der Waals surface area contributed by atoms with Crippen LogP contribution in [0.1, 0.15) is 27.7 Å². The molecule has 0 saturated carbocycles. The fourth-order valence-electron chi connectivity index (χ4n) is 1.36. The number of rotatable bonds is 3. The third-order valence-electron chi connectivity index (χ3n) is 2.53. The lowest BCUT2D eigenvalue weighted by atomic mass is 10.2. The van der Waals surface area contributed by atoms with Crippen LogP contribution in [0, 0.1) is 11.8 Å². The molecule has 19 heavy (non-hydrogen) atoms. The van der Waals surface area contributed by atoms with E-state index in [9.17, 15) is 9.59 Å². The van der Waals surface area contributed by atoms with E-state index >= 15 is 0 Å². The Kier molecular flexibility index (Phi) is 5.54. The summed E-state index contributed by atoms with van der Waals surface area (Å²) >= 11 is 3.36. The summed E-state index contributed by atoms with van der Waals surface area (Å²) in [4.78, 5) is 24.0. The van der Waals surface area contributed by atoms with Crippen LogP contribution >= 0.6 is 15.9 Å². The molecular weight excluding hydrogens is 308 g/mol. The molecule has 2 amide bonds. The first kappa shape index (κ1) is 15.7. The number of nitrogens with one attached hydrogen (secondary N) is 1. The Morgan fingerprint density at radius 1 is 1.16 bits per heavy atom. The van der Waals surface area contributed by atoms with Gasteiger partial charge in [0.15, 0.2) is 0 Å². The molecule has 1 aromatic carbocycles. The van der Waals surface area contributed by atoms with Gasteiger partial charge in [0.05, 0.1) is 5.69 Å². The zero-order valence-electron chi connectivity index (χ0n) is 11.6. The van der Waals surface area contributed by atoms with E-state index in [1.54, 1.807) is 39.8 Å². The van der Waals surface area contributed by atoms with Gasteiger partial charge in [-0.3, -0.25) is 15.0 Å². The molecule has 0 spiro atoms. The van der Waals surface area contributed by atoms with Crippen LogP contribution in [0.4, 0.5) is 5.69 Å². The Morgan fingerprint density at radius 2 is 1.79 bits per heavy atom. The smallest absolute Gasteiger partial charge is 0.248 e. The van der Waals surface area contributed by atoms with Crippen LogP contribution in [0.15, 0.2) is 28.7 Å². The molecule has 1 aromatic rings. The van der Waals surface area contributed by atoms with E-state index in [-0.39, 0.29) is 23.7 Å². The third-order valence-corrected chi connectivity index (χ3v) is 3.02. The molecule has 0 radical (unpaired) electrons. The Hall–Kier alpha value is -1.36. The largest absolute Gasteiger partial charge is 0.273 e. The number of halogens is 1. The zero-order valence-corrected chi connectivity index (χ0v) is 13.2. The van der Waals surface area contributed by atoms with E-state index in [1.807, 2.05) is 12.1 Å². The maximum absolute atomic E-state index is 12.2. The van der Waals surface area contributed by atoms with Crippen molar-refractivity contribution in [2.24, 2.45) is 11.8 Å². The predicted octanol–water partition coefficient (Wildman–Crippen LogP) is 3.13. The summed E-state index contributed by atoms with van der Waals surface area (Å²) in [5.41, 5.74) is 3.31. The lowest BCUT2D eigenvalue weighted by Gasteiger charge is -2.26. The topological polar surface area (TPSA) is 49.4 Å². The average Bonchev–Trinajstić information content (AvgIpc) is 2.34. The summed E-state index contributed by atoms with van der Waals surface area (Å²) in [5, 5.41) is 1.32. The monoisotopic (exact) mass is 326 g/mol. The van der Waals surface area contributed by atoms with Gasteiger partial charge in [0.1, 0.15) is 0 Å². The molecule has 0 aliphatic rings. The summed E-state index contributed by atoms with van der Waals surface area (Å²) in [7, 11) is 0. The van der Waals surface area contributed by atoms with Gasteiger partial charge in [0, 0.05) is 16.3 Å². The van der Waals surface area contributed by atoms with Crippen molar-refractivity contribution in [2.75, 3.05) is 5.01 Å². The first-order valence-electron chi connectivity index (χ1n) is 6.23. The van der Waals surface area contributed by atoms with E-state index in [0.717, 1.165) is 4.47 Å². The predicted molar refractivity (Wildman–Crippen MR) is 79.4 cm³/mol. The SMILES string of the molecule is CC(C)C(=O)NN(C(=O)C(C)C)c1cccc(Br)c1. The Morgan fingerprint density at radius 3 is 2.26 bits per heavy atom. The number of amides is 2. The van der Waals surface area contributed by atoms with Crippen molar-refractivity contribution in [3.8, 4) is 0 Å². The molecule has 5 heteroatoms. The molecule has 0 atom stereocenters. The van der Waals surface area contributed by atoms with Crippen molar-refractivity contribution in [3.63, 3.8) is 0 Å². The molecule has 0 heterocycles. The van der Waals surface area contributed by atoms with Crippen molar-refractivity contribution in [2.45, 2.75) is 27.7 Å². The van der Waals surface area contributed by atoms with Crippen LogP contribution in [0.5, 0.6) is 0 Å². The molecule has 1 N–H and O–H groups in total. The minimum Gasteiger partial charge on any atom is -0.273 e. The average molecular weight is 327 g/mol. The minimum absolute atomic E-state index is 0.146. The van der Waals surface area contributed by atoms with E-state index in [0.29, 0.717) is 5.69 Å². The van der Waals surface area contributed by atoms with E-state index in [1.165, 1.54) is 5.01 Å². The fourth-order valence-corrected chi connectivity index (χ4v) is 1.75. The molecule has 0 unspecified atom stereocenters. The van der Waals surface area contributed by atoms with E-state index in [2.05, 4.69) is 21.4 Å². The Balaban J connectivity index is 3.05. The molecular formula is C14H19BrN2O2. The third kappa shape index (κ3) is 4.35. The highest BCUT2D eigenvalue weighted by molar-refractivity contribution is 9.10. The lowest BCUT2D eigenvalue weighted by Crippen LogP contribution is -2.49. The van der Waals surface area contributed by atoms with E-state index in [4.69, 9.17) is 0 Å². The van der Waals surface area contributed by atoms with Gasteiger partial charge in [-0.2, -0.15) is 0 Å². The van der Waals surface area contributed by atoms with Crippen LogP contribution in [0.2, 0.25) is 0 Å². The first-order chi connectivity index (χ1) is 8.82. The second kappa shape index (κ2) is 6.70. The molecule has 0 fully saturated rings. The van der Waals surface area contributed by atoms with Crippen molar-refractivity contribution >= 4 is 33.4 Å². The summed E-state index contributed by atoms with van der Waals surface area (Å²) in [6, 6.07) is 7.26. The fraction of sp³-hybridized carbons (Fsp3) is 0.429. The van der Waals surface area contributed by atoms with Crippen LogP contribution in [0.3, 0.4) is 0 Å². The maximum atomic E-state index is 12.2. The van der Waals surface area contributed by atoms with Crippen molar-refractivity contribution < 1.29 is 9.59 Å². The number of nitrogens with zero attached hydrogens (tertiary/aromatic N) is 1. The van der Waals surface area contributed by atoms with Gasteiger partial charge in [0.25, 0.3) is 0 Å². The molecule has 0 aliphatic carbocycles. The maximum Gasteiger partial charge on any atom is 0.248 e. The standard InChI is InChI=1S/C14H19BrN2O2/c1-9(2)13(18)16-17(14(19)10(3)4)12-7-5-6-11(15)8-12/h5-10H,1-4H3,(H,16,18). The molecule has 0 aromatic heterocycles. The van der Waals surface area contributed by atoms with Gasteiger partial charge in [-0.15, -0.1) is 0 Å². The summed E-state index contributed by atoms with van der Waals surface area (Å²) in [6.07, 6.45) is 0. The summed E-state index contributed by atoms with van der Waals surface area (Å²) < 4.78 is 0.852. The number of hydrogen-bond donors (Lipinski definition) is 1. The number of carbonyl (C=O) groups is 2. The summed E-state index contributed by atoms with van der Waals surface area (Å²) in [5.74, 6) is -0.720. The highest BCUT2D eigenvalue weighted by Crippen LogP contribution is 2.20.